The molecule has 0 bridgehead atoms. The van der Waals surface area contributed by atoms with Crippen molar-refractivity contribution in [3.8, 4) is 6.07 Å². The summed E-state index contributed by atoms with van der Waals surface area (Å²) < 4.78 is 8.66. The van der Waals surface area contributed by atoms with Gasteiger partial charge in [0.25, 0.3) is 0 Å². The molecule has 0 aliphatic rings. The fraction of sp³-hybridized carbons (Fsp3) is 0.167. The molecule has 0 aliphatic carbocycles. The summed E-state index contributed by atoms with van der Waals surface area (Å²) >= 11 is 1.22. The quantitative estimate of drug-likeness (QED) is 0.484. The Kier molecular flexibility index (Phi) is 3.92. The lowest BCUT2D eigenvalue weighted by Gasteiger charge is -2.08. The summed E-state index contributed by atoms with van der Waals surface area (Å²) in [6.07, 6.45) is 1.60. The molecule has 92 valence electrons. The van der Waals surface area contributed by atoms with Crippen LogP contribution >= 0.6 is 11.5 Å². The average molecular weight is 268 g/mol. The maximum atomic E-state index is 9.32. The van der Waals surface area contributed by atoms with Crippen LogP contribution in [0, 0.1) is 25.2 Å². The Morgan fingerprint density at radius 2 is 2.21 bits per heavy atom. The van der Waals surface area contributed by atoms with Crippen LogP contribution in [0.1, 0.15) is 21.8 Å². The van der Waals surface area contributed by atoms with E-state index in [-0.39, 0.29) is 11.3 Å². The number of hydrogen-bond acceptors (Lipinski definition) is 6. The fourth-order valence-electron chi connectivity index (χ4n) is 1.54. The average Bonchev–Trinajstić information content (AvgIpc) is 2.83. The molecule has 0 aliphatic heterocycles. The minimum atomic E-state index is 0.208. The second kappa shape index (κ2) is 5.63. The molecule has 2 aromatic heterocycles. The molecule has 2 radical (unpaired) electrons. The first kappa shape index (κ1) is 13.2. The van der Waals surface area contributed by atoms with Crippen molar-refractivity contribution in [2.45, 2.75) is 13.8 Å². The van der Waals surface area contributed by atoms with Gasteiger partial charge in [-0.15, -0.1) is 5.10 Å². The Morgan fingerprint density at radius 3 is 2.68 bits per heavy atom. The molecule has 5 nitrogen and oxygen atoms in total. The van der Waals surface area contributed by atoms with Crippen molar-refractivity contribution in [2.75, 3.05) is 0 Å². The lowest BCUT2D eigenvalue weighted by Crippen LogP contribution is -1.97. The van der Waals surface area contributed by atoms with Gasteiger partial charge in [0.2, 0.25) is 0 Å². The van der Waals surface area contributed by atoms with E-state index in [2.05, 4.69) is 20.6 Å². The van der Waals surface area contributed by atoms with Crippen LogP contribution in [0.3, 0.4) is 0 Å². The number of hydrogen-bond donors (Lipinski definition) is 0. The summed E-state index contributed by atoms with van der Waals surface area (Å²) in [5, 5.41) is 13.3. The third kappa shape index (κ3) is 2.64. The minimum absolute atomic E-state index is 0.208. The van der Waals surface area contributed by atoms with Crippen molar-refractivity contribution in [3.63, 3.8) is 0 Å². The normalized spacial score (nSPS) is 11.6. The molecule has 0 atom stereocenters. The molecule has 0 fully saturated rings. The molecular weight excluding hydrogens is 259 g/mol. The summed E-state index contributed by atoms with van der Waals surface area (Å²) in [5.41, 5.74) is 2.25. The van der Waals surface area contributed by atoms with E-state index in [0.717, 1.165) is 10.6 Å². The van der Waals surface area contributed by atoms with Gasteiger partial charge < -0.3 is 4.65 Å². The maximum Gasteiger partial charge on any atom is 0.374 e. The molecule has 0 aromatic carbocycles. The molecule has 0 N–H and O–H groups in total. The van der Waals surface area contributed by atoms with Gasteiger partial charge in [0.05, 0.1) is 4.88 Å². The van der Waals surface area contributed by atoms with Gasteiger partial charge in [-0.3, -0.25) is 4.98 Å². The molecule has 2 aromatic rings. The zero-order valence-corrected chi connectivity index (χ0v) is 11.2. The highest BCUT2D eigenvalue weighted by Crippen LogP contribution is 2.27. The minimum Gasteiger partial charge on any atom is -0.565 e. The van der Waals surface area contributed by atoms with Crippen molar-refractivity contribution in [3.05, 3.63) is 40.2 Å². The van der Waals surface area contributed by atoms with Crippen molar-refractivity contribution in [1.29, 1.82) is 5.26 Å². The number of aryl methyl sites for hydroxylation is 2. The van der Waals surface area contributed by atoms with Gasteiger partial charge in [-0.25, -0.2) is 0 Å². The van der Waals surface area contributed by atoms with Crippen LogP contribution < -0.4 is 0 Å². The number of allylic oxidation sites excluding steroid dienone is 1. The molecule has 0 saturated heterocycles. The maximum absolute atomic E-state index is 9.32. The third-order valence-corrected chi connectivity index (χ3v) is 3.15. The fourth-order valence-corrected chi connectivity index (χ4v) is 2.00. The monoisotopic (exact) mass is 268 g/mol. The topological polar surface area (TPSA) is 71.7 Å². The summed E-state index contributed by atoms with van der Waals surface area (Å²) in [6, 6.07) is 5.68. The van der Waals surface area contributed by atoms with Gasteiger partial charge in [0.1, 0.15) is 23.1 Å². The van der Waals surface area contributed by atoms with Crippen LogP contribution in [-0.2, 0) is 4.65 Å². The number of aromatic nitrogens is 3. The number of rotatable bonds is 3. The molecule has 19 heavy (non-hydrogen) atoms. The molecule has 2 rings (SSSR count). The second-order valence-corrected chi connectivity index (χ2v) is 4.76. The predicted octanol–water partition coefficient (Wildman–Crippen LogP) is 2.04. The van der Waals surface area contributed by atoms with Crippen molar-refractivity contribution in [1.82, 2.24) is 14.6 Å². The molecule has 2 heterocycles. The Balaban J connectivity index is 2.60. The van der Waals surface area contributed by atoms with E-state index in [1.54, 1.807) is 12.3 Å². The Bertz CT molecular complexity index is 657. The van der Waals surface area contributed by atoms with Crippen LogP contribution in [-0.4, -0.2) is 22.6 Å². The van der Waals surface area contributed by atoms with Crippen molar-refractivity contribution in [2.24, 2.45) is 0 Å². The first-order valence-electron chi connectivity index (χ1n) is 5.40. The van der Waals surface area contributed by atoms with Gasteiger partial charge in [-0.2, -0.15) is 5.26 Å². The molecular formula is C12H9BN4OS. The molecule has 0 saturated carbocycles. The van der Waals surface area contributed by atoms with E-state index in [1.807, 2.05) is 19.9 Å². The second-order valence-electron chi connectivity index (χ2n) is 3.80. The van der Waals surface area contributed by atoms with Gasteiger partial charge >= 0.3 is 8.05 Å². The summed E-state index contributed by atoms with van der Waals surface area (Å²) in [4.78, 5) is 4.98. The molecule has 0 amide bonds. The summed E-state index contributed by atoms with van der Waals surface area (Å²) in [5.74, 6) is 0.208. The lowest BCUT2D eigenvalue weighted by molar-refractivity contribution is 0.570. The summed E-state index contributed by atoms with van der Waals surface area (Å²) in [7, 11) is 5.28. The molecule has 0 spiro atoms. The largest absolute Gasteiger partial charge is 0.565 e. The third-order valence-electron chi connectivity index (χ3n) is 2.52. The van der Waals surface area contributed by atoms with E-state index in [9.17, 15) is 5.26 Å². The van der Waals surface area contributed by atoms with E-state index in [1.165, 1.54) is 11.5 Å². The molecule has 0 unspecified atom stereocenters. The Morgan fingerprint density at radius 1 is 1.42 bits per heavy atom. The molecule has 7 heteroatoms. The zero-order valence-electron chi connectivity index (χ0n) is 10.4. The van der Waals surface area contributed by atoms with Gasteiger partial charge in [0, 0.05) is 17.5 Å². The van der Waals surface area contributed by atoms with Gasteiger partial charge in [0.15, 0.2) is 0 Å². The van der Waals surface area contributed by atoms with Crippen molar-refractivity contribution < 1.29 is 4.65 Å². The summed E-state index contributed by atoms with van der Waals surface area (Å²) in [6.45, 7) is 3.70. The highest BCUT2D eigenvalue weighted by Gasteiger charge is 2.17. The Hall–Kier alpha value is -2.20. The first-order chi connectivity index (χ1) is 9.17. The lowest BCUT2D eigenvalue weighted by atomic mass is 10.1. The van der Waals surface area contributed by atoms with Crippen molar-refractivity contribution >= 4 is 30.9 Å². The SMILES string of the molecule is [B]OC(=C(C#N)c1ccc(C)nc1)c1nnsc1C. The smallest absolute Gasteiger partial charge is 0.374 e. The van der Waals surface area contributed by atoms with Crippen LogP contribution in [0.5, 0.6) is 0 Å². The van der Waals surface area contributed by atoms with Gasteiger partial charge in [-0.05, 0) is 31.4 Å². The number of nitriles is 1. The van der Waals surface area contributed by atoms with Crippen LogP contribution in [0.2, 0.25) is 0 Å². The van der Waals surface area contributed by atoms with Crippen LogP contribution in [0.15, 0.2) is 18.3 Å². The highest BCUT2D eigenvalue weighted by atomic mass is 32.1. The number of pyridine rings is 1. The first-order valence-corrected chi connectivity index (χ1v) is 6.18. The van der Waals surface area contributed by atoms with E-state index in [0.29, 0.717) is 11.3 Å². The number of nitrogens with zero attached hydrogens (tertiary/aromatic N) is 4. The van der Waals surface area contributed by atoms with Crippen LogP contribution in [0.4, 0.5) is 0 Å². The van der Waals surface area contributed by atoms with E-state index < -0.39 is 0 Å². The van der Waals surface area contributed by atoms with Gasteiger partial charge in [-0.1, -0.05) is 10.6 Å². The van der Waals surface area contributed by atoms with Crippen LogP contribution in [0.25, 0.3) is 11.3 Å². The van der Waals surface area contributed by atoms with E-state index in [4.69, 9.17) is 12.7 Å². The highest BCUT2D eigenvalue weighted by molar-refractivity contribution is 7.05. The standard InChI is InChI=1S/C12H9BN4OS/c1-7-3-4-9(6-15-7)10(5-14)12(18-13)11-8(2)19-17-16-11/h3-4,6H,1-2H3. The predicted molar refractivity (Wildman–Crippen MR) is 72.9 cm³/mol. The van der Waals surface area contributed by atoms with E-state index >= 15 is 0 Å². The zero-order chi connectivity index (χ0) is 13.8. The Labute approximate surface area is 116 Å².